The highest BCUT2D eigenvalue weighted by molar-refractivity contribution is 5.97. The molecule has 0 saturated carbocycles. The van der Waals surface area contributed by atoms with Crippen LogP contribution in [-0.2, 0) is 38.4 Å². The van der Waals surface area contributed by atoms with Gasteiger partial charge in [-0.3, -0.25) is 33.6 Å². The molecule has 0 aliphatic rings. The number of nitrogens with two attached hydrogens (primary N) is 3. The van der Waals surface area contributed by atoms with Crippen LogP contribution in [0, 0.1) is 0 Å². The van der Waals surface area contributed by atoms with Crippen LogP contribution in [0.3, 0.4) is 0 Å². The molecule has 0 aromatic rings. The summed E-state index contributed by atoms with van der Waals surface area (Å²) in [5.74, 6) is -10.1. The van der Waals surface area contributed by atoms with Crippen molar-refractivity contribution in [2.75, 3.05) is 26.3 Å². The Morgan fingerprint density at radius 2 is 0.851 bits per heavy atom. The lowest BCUT2D eigenvalue weighted by Gasteiger charge is -2.26. The van der Waals surface area contributed by atoms with Gasteiger partial charge in [0.2, 0.25) is 29.5 Å². The SMILES string of the molecule is NCCCC[C@H](NC(=O)[C@H](CO)NC(=O)[C@H](CC(=O)O)NC(=O)[C@H](CCCCN)NC(=O)[C@@H](N)CO)C(=O)N[C@@H](CC(=O)O)C(=O)O. The molecule has 5 amide bonds. The number of carbonyl (C=O) groups excluding carboxylic acids is 5. The largest absolute Gasteiger partial charge is 0.481 e. The second kappa shape index (κ2) is 23.0. The summed E-state index contributed by atoms with van der Waals surface area (Å²) >= 11 is 0. The van der Waals surface area contributed by atoms with Crippen molar-refractivity contribution in [3.63, 3.8) is 0 Å². The van der Waals surface area contributed by atoms with Crippen molar-refractivity contribution < 1.29 is 63.9 Å². The number of amides is 5. The fraction of sp³-hybridized carbons (Fsp3) is 0.692. The van der Waals surface area contributed by atoms with Crippen molar-refractivity contribution in [1.29, 1.82) is 0 Å². The molecular formula is C26H46N8O13. The van der Waals surface area contributed by atoms with Gasteiger partial charge in [-0.25, -0.2) is 4.79 Å². The molecule has 47 heavy (non-hydrogen) atoms. The van der Waals surface area contributed by atoms with E-state index in [1.807, 2.05) is 5.32 Å². The minimum Gasteiger partial charge on any atom is -0.481 e. The van der Waals surface area contributed by atoms with Gasteiger partial charge in [0.05, 0.1) is 26.1 Å². The van der Waals surface area contributed by atoms with Gasteiger partial charge in [0.25, 0.3) is 0 Å². The molecule has 0 radical (unpaired) electrons. The van der Waals surface area contributed by atoms with Gasteiger partial charge in [0.15, 0.2) is 0 Å². The minimum absolute atomic E-state index is 0.00118. The van der Waals surface area contributed by atoms with Crippen LogP contribution in [0.25, 0.3) is 0 Å². The van der Waals surface area contributed by atoms with Crippen molar-refractivity contribution in [3.05, 3.63) is 0 Å². The molecular weight excluding hydrogens is 632 g/mol. The van der Waals surface area contributed by atoms with Crippen LogP contribution in [0.1, 0.15) is 51.4 Å². The van der Waals surface area contributed by atoms with Crippen molar-refractivity contribution >= 4 is 47.4 Å². The predicted octanol–water partition coefficient (Wildman–Crippen LogP) is -5.99. The zero-order chi connectivity index (χ0) is 36.1. The number of hydrogen-bond acceptors (Lipinski definition) is 13. The Labute approximate surface area is 269 Å². The number of nitrogens with one attached hydrogen (secondary N) is 5. The quantitative estimate of drug-likeness (QED) is 0.0400. The van der Waals surface area contributed by atoms with Gasteiger partial charge in [0, 0.05) is 0 Å². The molecule has 0 saturated heterocycles. The molecule has 0 aliphatic carbocycles. The second-order valence-electron chi connectivity index (χ2n) is 10.4. The first-order chi connectivity index (χ1) is 22.1. The number of aliphatic hydroxyl groups is 2. The molecule has 0 bridgehead atoms. The molecule has 0 heterocycles. The Kier molecular flexibility index (Phi) is 20.8. The first kappa shape index (κ1) is 42.6. The number of carboxylic acids is 3. The lowest BCUT2D eigenvalue weighted by molar-refractivity contribution is -0.147. The summed E-state index contributed by atoms with van der Waals surface area (Å²) in [6, 6.07) is -9.65. The molecule has 0 rings (SSSR count). The second-order valence-corrected chi connectivity index (χ2v) is 10.4. The molecule has 0 unspecified atom stereocenters. The van der Waals surface area contributed by atoms with E-state index in [4.69, 9.17) is 27.4 Å². The standard InChI is InChI=1S/C26H46N8O13/c27-7-3-1-5-14(30-21(41)13(29)11-35)22(42)32-16(9-19(37)38)24(44)34-18(12-36)25(45)31-15(6-2-4-8-28)23(43)33-17(26(46)47)10-20(39)40/h13-18,35-36H,1-12,27-29H2,(H,30,41)(H,31,45)(H,32,42)(H,33,43)(H,34,44)(H,37,38)(H,39,40)(H,46,47)/t13-,14-,15-,16-,17-,18-/m0/s1. The molecule has 0 aliphatic heterocycles. The van der Waals surface area contributed by atoms with Gasteiger partial charge in [0.1, 0.15) is 36.3 Å². The smallest absolute Gasteiger partial charge is 0.326 e. The molecule has 21 nitrogen and oxygen atoms in total. The Balaban J connectivity index is 5.90. The lowest BCUT2D eigenvalue weighted by atomic mass is 10.1. The average molecular weight is 679 g/mol. The van der Waals surface area contributed by atoms with Gasteiger partial charge in [-0.05, 0) is 51.6 Å². The highest BCUT2D eigenvalue weighted by Crippen LogP contribution is 2.06. The maximum Gasteiger partial charge on any atom is 0.326 e. The van der Waals surface area contributed by atoms with Crippen molar-refractivity contribution in [2.24, 2.45) is 17.2 Å². The van der Waals surface area contributed by atoms with Crippen LogP contribution >= 0.6 is 0 Å². The van der Waals surface area contributed by atoms with Crippen LogP contribution in [0.15, 0.2) is 0 Å². The maximum absolute atomic E-state index is 13.1. The summed E-state index contributed by atoms with van der Waals surface area (Å²) in [6.07, 6.45) is -0.666. The molecule has 268 valence electrons. The van der Waals surface area contributed by atoms with E-state index >= 15 is 0 Å². The topological polar surface area (TPSA) is 376 Å². The molecule has 0 fully saturated rings. The molecule has 6 atom stereocenters. The third kappa shape index (κ3) is 17.2. The Morgan fingerprint density at radius 3 is 1.26 bits per heavy atom. The summed E-state index contributed by atoms with van der Waals surface area (Å²) < 4.78 is 0. The summed E-state index contributed by atoms with van der Waals surface area (Å²) in [6.45, 7) is -1.35. The van der Waals surface area contributed by atoms with Crippen LogP contribution in [0.2, 0.25) is 0 Å². The number of aliphatic carboxylic acids is 3. The van der Waals surface area contributed by atoms with E-state index in [2.05, 4.69) is 21.3 Å². The van der Waals surface area contributed by atoms with Crippen molar-refractivity contribution in [2.45, 2.75) is 87.6 Å². The summed E-state index contributed by atoms with van der Waals surface area (Å²) in [7, 11) is 0. The van der Waals surface area contributed by atoms with E-state index in [0.717, 1.165) is 0 Å². The lowest BCUT2D eigenvalue weighted by Crippen LogP contribution is -2.60. The van der Waals surface area contributed by atoms with Crippen LogP contribution in [0.4, 0.5) is 0 Å². The van der Waals surface area contributed by atoms with Gasteiger partial charge in [-0.2, -0.15) is 0 Å². The van der Waals surface area contributed by atoms with E-state index in [1.165, 1.54) is 0 Å². The van der Waals surface area contributed by atoms with Gasteiger partial charge >= 0.3 is 17.9 Å². The molecule has 16 N–H and O–H groups in total. The van der Waals surface area contributed by atoms with Crippen LogP contribution < -0.4 is 43.8 Å². The Morgan fingerprint density at radius 1 is 0.489 bits per heavy atom. The molecule has 21 heteroatoms. The minimum atomic E-state index is -1.84. The fourth-order valence-corrected chi connectivity index (χ4v) is 3.93. The number of carbonyl (C=O) groups is 8. The number of hydrogen-bond donors (Lipinski definition) is 13. The Bertz CT molecular complexity index is 1090. The van der Waals surface area contributed by atoms with E-state index in [-0.39, 0.29) is 32.4 Å². The van der Waals surface area contributed by atoms with E-state index in [0.29, 0.717) is 19.3 Å². The van der Waals surface area contributed by atoms with E-state index < -0.39 is 110 Å². The average Bonchev–Trinajstić information content (AvgIpc) is 3.00. The number of unbranched alkanes of at least 4 members (excludes halogenated alkanes) is 2. The zero-order valence-electron chi connectivity index (χ0n) is 25.7. The normalized spacial score (nSPS) is 14.7. The monoisotopic (exact) mass is 678 g/mol. The van der Waals surface area contributed by atoms with Gasteiger partial charge in [-0.1, -0.05) is 0 Å². The predicted molar refractivity (Wildman–Crippen MR) is 160 cm³/mol. The zero-order valence-corrected chi connectivity index (χ0v) is 25.7. The fourth-order valence-electron chi connectivity index (χ4n) is 3.93. The van der Waals surface area contributed by atoms with E-state index in [1.54, 1.807) is 0 Å². The first-order valence-corrected chi connectivity index (χ1v) is 14.7. The van der Waals surface area contributed by atoms with Crippen LogP contribution in [0.5, 0.6) is 0 Å². The molecule has 0 aromatic carbocycles. The highest BCUT2D eigenvalue weighted by Gasteiger charge is 2.33. The third-order valence-electron chi connectivity index (χ3n) is 6.51. The van der Waals surface area contributed by atoms with Gasteiger partial charge < -0.3 is 69.3 Å². The van der Waals surface area contributed by atoms with Crippen molar-refractivity contribution in [3.8, 4) is 0 Å². The Hall–Kier alpha value is -4.44. The number of carboxylic acid groups (broad SMARTS) is 3. The maximum atomic E-state index is 13.1. The summed E-state index contributed by atoms with van der Waals surface area (Å²) in [5, 5.41) is 57.2. The van der Waals surface area contributed by atoms with Crippen LogP contribution in [-0.4, -0.2) is 136 Å². The molecule has 0 spiro atoms. The third-order valence-corrected chi connectivity index (χ3v) is 6.51. The van der Waals surface area contributed by atoms with E-state index in [9.17, 15) is 53.7 Å². The summed E-state index contributed by atoms with van der Waals surface area (Å²) in [4.78, 5) is 98.0. The first-order valence-electron chi connectivity index (χ1n) is 14.7. The highest BCUT2D eigenvalue weighted by atomic mass is 16.4. The van der Waals surface area contributed by atoms with Gasteiger partial charge in [-0.15, -0.1) is 0 Å². The van der Waals surface area contributed by atoms with Crippen molar-refractivity contribution in [1.82, 2.24) is 26.6 Å². The summed E-state index contributed by atoms with van der Waals surface area (Å²) in [5.41, 5.74) is 16.4. The number of rotatable bonds is 25. The molecule has 0 aromatic heterocycles. The number of aliphatic hydroxyl groups excluding tert-OH is 2.